The fourth-order valence-corrected chi connectivity index (χ4v) is 17.2. The van der Waals surface area contributed by atoms with E-state index in [1.165, 1.54) is 51.9 Å². The highest BCUT2D eigenvalue weighted by Gasteiger charge is 2.31. The Morgan fingerprint density at radius 1 is 0.457 bits per heavy atom. The van der Waals surface area contributed by atoms with Crippen LogP contribution in [0.5, 0.6) is 0 Å². The number of fused-ring (bicyclic) bond motifs is 6. The first-order valence-corrected chi connectivity index (χ1v) is 41.0. The molecule has 6 aromatic heterocycles. The van der Waals surface area contributed by atoms with E-state index in [-0.39, 0.29) is 35.4 Å². The van der Waals surface area contributed by atoms with Gasteiger partial charge in [-0.2, -0.15) is 0 Å². The van der Waals surface area contributed by atoms with Crippen LogP contribution in [-0.2, 0) is 19.6 Å². The molecule has 1 atom stereocenters. The molecule has 6 amide bonds. The number of carbonyl (C=O) groups is 6. The van der Waals surface area contributed by atoms with E-state index >= 15 is 0 Å². The van der Waals surface area contributed by atoms with Gasteiger partial charge in [0.2, 0.25) is 0 Å². The predicted octanol–water partition coefficient (Wildman–Crippen LogP) is 14.1. The van der Waals surface area contributed by atoms with E-state index in [2.05, 4.69) is 122 Å². The molecule has 0 aliphatic carbocycles. The monoisotopic (exact) mass is 1550 g/mol. The summed E-state index contributed by atoms with van der Waals surface area (Å²) < 4.78 is 6.14. The molecule has 12 aromatic rings. The van der Waals surface area contributed by atoms with Gasteiger partial charge >= 0.3 is 0 Å². The minimum atomic E-state index is -0.0424. The summed E-state index contributed by atoms with van der Waals surface area (Å²) in [7, 11) is 0. The molecule has 7 N–H and O–H groups in total. The highest BCUT2D eigenvalue weighted by atomic mass is 16.2. The first kappa shape index (κ1) is 76.1. The summed E-state index contributed by atoms with van der Waals surface area (Å²) >= 11 is 0. The molecule has 7 aliphatic heterocycles. The average Bonchev–Trinajstić information content (AvgIpc) is 1.58. The maximum Gasteiger partial charge on any atom is 0.253 e. The molecule has 4 fully saturated rings. The number of aromatic nitrogens is 6. The average molecular weight is 1550 g/mol. The van der Waals surface area contributed by atoms with Gasteiger partial charge in [-0.3, -0.25) is 46.9 Å². The van der Waals surface area contributed by atoms with Crippen LogP contribution < -0.4 is 37.2 Å². The third kappa shape index (κ3) is 16.3. The van der Waals surface area contributed by atoms with Gasteiger partial charge in [0.05, 0.1) is 34.1 Å². The molecule has 116 heavy (non-hydrogen) atoms. The lowest BCUT2D eigenvalue weighted by Crippen LogP contribution is -2.51. The van der Waals surface area contributed by atoms with E-state index < -0.39 is 0 Å². The third-order valence-electron chi connectivity index (χ3n) is 24.2. The molecular weight excluding hydrogens is 1450 g/mol. The van der Waals surface area contributed by atoms with E-state index in [4.69, 9.17) is 0 Å². The van der Waals surface area contributed by atoms with E-state index in [0.29, 0.717) is 49.4 Å². The van der Waals surface area contributed by atoms with Crippen molar-refractivity contribution >= 4 is 86.5 Å². The Morgan fingerprint density at radius 3 is 1.26 bits per heavy atom. The second-order valence-corrected chi connectivity index (χ2v) is 31.5. The summed E-state index contributed by atoms with van der Waals surface area (Å²) in [5.41, 5.74) is 21.1. The van der Waals surface area contributed by atoms with Crippen LogP contribution in [0.25, 0.3) is 50.7 Å². The van der Waals surface area contributed by atoms with Crippen molar-refractivity contribution in [3.8, 4) is 33.8 Å². The van der Waals surface area contributed by atoms with E-state index in [1.807, 2.05) is 171 Å². The Balaban J connectivity index is 0.000000125. The number of nitrogens with zero attached hydrogens (tertiary/aromatic N) is 11. The van der Waals surface area contributed by atoms with E-state index in [1.54, 1.807) is 18.6 Å². The fraction of sp³-hybridized carbons (Fsp3) is 0.315. The van der Waals surface area contributed by atoms with Gasteiger partial charge in [0.1, 0.15) is 0 Å². The molecule has 0 bridgehead atoms. The third-order valence-corrected chi connectivity index (χ3v) is 24.2. The molecule has 19 rings (SSSR count). The first-order valence-electron chi connectivity index (χ1n) is 41.0. The number of piperazine rings is 1. The standard InChI is InChI=1S/C33H36N6O2.C30H32N6O2.C29H30N6O2/c1-22-10-15-37(16-11-22)27-12-17-38(18-13-27)33(41)23-2-5-26(6-3-23)36-29-8-9-30(39-19-14-34-31(29)39)24-4-7-28-25(20-24)21-35-32(28)40;1-3-20(2)34-14-16-35(17-15-34)30(38)21-4-7-24(8-5-21)33-26-10-11-27(36-13-12-31-28(26)36)22-6-9-25-23(18-22)19-32-29(25)37;36-28(31-12-3-16-34-14-1-2-15-34)20-4-7-23(8-5-20)33-25-10-11-26(35-17-13-30-27(25)35)21-6-9-24-22(18-21)19-32-29(24)37/h2-9,14,19-20,22,27,36H,10-13,15-18,21H2,1H3,(H,35,40);4-13,18,20,33H,3,14-17,19H2,1-2H3,(H,32,37);4-11,13,17-18,33H,1-3,12,14-16,19H2,(H,31,36)(H,32,37). The number of likely N-dealkylation sites (tertiary alicyclic amines) is 3. The number of nitrogens with one attached hydrogen (secondary N) is 7. The van der Waals surface area contributed by atoms with E-state index in [0.717, 1.165) is 201 Å². The zero-order valence-corrected chi connectivity index (χ0v) is 65.9. The van der Waals surface area contributed by atoms with Crippen LogP contribution in [0.3, 0.4) is 0 Å². The maximum absolute atomic E-state index is 13.3. The summed E-state index contributed by atoms with van der Waals surface area (Å²) in [4.78, 5) is 99.9. The molecule has 0 spiro atoms. The fourth-order valence-electron chi connectivity index (χ4n) is 17.2. The number of benzene rings is 6. The van der Waals surface area contributed by atoms with Crippen molar-refractivity contribution in [2.24, 2.45) is 5.92 Å². The van der Waals surface area contributed by atoms with E-state index in [9.17, 15) is 28.8 Å². The zero-order valence-electron chi connectivity index (χ0n) is 65.9. The van der Waals surface area contributed by atoms with Crippen LogP contribution in [0.15, 0.2) is 201 Å². The molecule has 6 aromatic carbocycles. The van der Waals surface area contributed by atoms with Gasteiger partial charge < -0.3 is 56.8 Å². The molecule has 1 unspecified atom stereocenters. The molecule has 592 valence electrons. The number of hydrogen-bond donors (Lipinski definition) is 7. The van der Waals surface area contributed by atoms with Crippen molar-refractivity contribution in [3.05, 3.63) is 251 Å². The largest absolute Gasteiger partial charge is 0.352 e. The Kier molecular flexibility index (Phi) is 22.2. The first-order chi connectivity index (χ1) is 56.7. The topological polar surface area (TPSA) is 255 Å². The van der Waals surface area contributed by atoms with Gasteiger partial charge in [-0.1, -0.05) is 32.0 Å². The highest BCUT2D eigenvalue weighted by Crippen LogP contribution is 2.36. The summed E-state index contributed by atoms with van der Waals surface area (Å²) in [5.74, 6) is 0.959. The van der Waals surface area contributed by atoms with Crippen LogP contribution in [0.1, 0.15) is 151 Å². The molecule has 13 heterocycles. The lowest BCUT2D eigenvalue weighted by Gasteiger charge is -2.41. The number of rotatable bonds is 19. The quantitative estimate of drug-likeness (QED) is 0.0372. The second-order valence-electron chi connectivity index (χ2n) is 31.5. The number of carbonyl (C=O) groups excluding carboxylic acids is 6. The predicted molar refractivity (Wildman–Crippen MR) is 453 cm³/mol. The number of anilines is 6. The van der Waals surface area contributed by atoms with Crippen molar-refractivity contribution in [2.45, 2.75) is 104 Å². The lowest BCUT2D eigenvalue weighted by atomic mass is 9.94. The van der Waals surface area contributed by atoms with Crippen LogP contribution in [0.2, 0.25) is 0 Å². The van der Waals surface area contributed by atoms with Gasteiger partial charge in [0, 0.05) is 165 Å². The van der Waals surface area contributed by atoms with Crippen LogP contribution in [-0.4, -0.2) is 179 Å². The minimum Gasteiger partial charge on any atom is -0.352 e. The van der Waals surface area contributed by atoms with Crippen molar-refractivity contribution in [1.29, 1.82) is 0 Å². The molecule has 24 nitrogen and oxygen atoms in total. The van der Waals surface area contributed by atoms with Crippen molar-refractivity contribution in [1.82, 2.24) is 73.9 Å². The Morgan fingerprint density at radius 2 is 0.853 bits per heavy atom. The Hall–Kier alpha value is -12.5. The zero-order chi connectivity index (χ0) is 79.3. The number of hydrogen-bond acceptors (Lipinski definition) is 15. The number of pyridine rings is 3. The number of amides is 6. The van der Waals surface area contributed by atoms with Gasteiger partial charge in [-0.15, -0.1) is 0 Å². The highest BCUT2D eigenvalue weighted by molar-refractivity contribution is 6.01. The van der Waals surface area contributed by atoms with Crippen molar-refractivity contribution in [3.63, 3.8) is 0 Å². The van der Waals surface area contributed by atoms with Crippen molar-refractivity contribution < 1.29 is 28.8 Å². The second kappa shape index (κ2) is 33.9. The van der Waals surface area contributed by atoms with Gasteiger partial charge in [0.15, 0.2) is 16.9 Å². The molecule has 7 aliphatic rings. The molecule has 0 radical (unpaired) electrons. The Bertz CT molecular complexity index is 5650. The minimum absolute atomic E-state index is 0.0151. The number of imidazole rings is 3. The lowest BCUT2D eigenvalue weighted by molar-refractivity contribution is 0.0558. The number of piperidine rings is 2. The summed E-state index contributed by atoms with van der Waals surface area (Å²) in [6, 6.07) is 54.1. The SMILES string of the molecule is CC1CCN(C2CCN(C(=O)c3ccc(Nc4ccc(-c5ccc6c(c5)CNC6=O)n5ccnc45)cc3)CC2)CC1.CCC(C)N1CCN(C(=O)c2ccc(Nc3ccc(-c4ccc5c(c4)CNC5=O)n4ccnc34)cc2)CC1.O=C(NCCCN1CCCC1)c1ccc(Nc2ccc(-c3ccc4c(c3)CNC4=O)n3ccnc23)cc1. The van der Waals surface area contributed by atoms with Crippen molar-refractivity contribution in [2.75, 3.05) is 94.5 Å². The maximum atomic E-state index is 13.3. The van der Waals surface area contributed by atoms with Gasteiger partial charge in [-0.25, -0.2) is 15.0 Å². The molecule has 0 saturated carbocycles. The summed E-state index contributed by atoms with van der Waals surface area (Å²) in [6.07, 6.45) is 20.6. The van der Waals surface area contributed by atoms with Crippen LogP contribution in [0, 0.1) is 5.92 Å². The summed E-state index contributed by atoms with van der Waals surface area (Å²) in [5, 5.41) is 22.0. The normalized spacial score (nSPS) is 16.7. The molecule has 24 heteroatoms. The Labute approximate surface area is 674 Å². The van der Waals surface area contributed by atoms with Gasteiger partial charge in [0.25, 0.3) is 35.4 Å². The van der Waals surface area contributed by atoms with Crippen LogP contribution >= 0.6 is 0 Å². The summed E-state index contributed by atoms with van der Waals surface area (Å²) in [6.45, 7) is 20.1. The molecular formula is C92H98N18O6. The smallest absolute Gasteiger partial charge is 0.253 e. The molecule has 4 saturated heterocycles. The van der Waals surface area contributed by atoms with Gasteiger partial charge in [-0.05, 0) is 276 Å². The van der Waals surface area contributed by atoms with Crippen LogP contribution in [0.4, 0.5) is 34.1 Å².